The smallest absolute Gasteiger partial charge is 0.220 e. The maximum absolute atomic E-state index is 11.9. The highest BCUT2D eigenvalue weighted by Gasteiger charge is 2.17. The monoisotopic (exact) mass is 275 g/mol. The first-order chi connectivity index (χ1) is 9.65. The number of ether oxygens (including phenoxy) is 1. The van der Waals surface area contributed by atoms with Gasteiger partial charge in [-0.2, -0.15) is 0 Å². The van der Waals surface area contributed by atoms with Crippen molar-refractivity contribution in [2.75, 3.05) is 6.61 Å². The van der Waals surface area contributed by atoms with Gasteiger partial charge in [0.15, 0.2) is 0 Å². The zero-order valence-electron chi connectivity index (χ0n) is 12.5. The van der Waals surface area contributed by atoms with Crippen molar-refractivity contribution >= 4 is 5.91 Å². The molecule has 1 N–H and O–H groups in total. The van der Waals surface area contributed by atoms with Crippen LogP contribution in [-0.4, -0.2) is 24.7 Å². The van der Waals surface area contributed by atoms with Crippen molar-refractivity contribution in [2.45, 2.75) is 58.1 Å². The summed E-state index contributed by atoms with van der Waals surface area (Å²) >= 11 is 0. The molecule has 2 rings (SSSR count). The number of hydrogen-bond acceptors (Lipinski definition) is 2. The summed E-state index contributed by atoms with van der Waals surface area (Å²) in [6.07, 6.45) is 4.85. The van der Waals surface area contributed by atoms with Crippen molar-refractivity contribution in [3.63, 3.8) is 0 Å². The van der Waals surface area contributed by atoms with Gasteiger partial charge in [0, 0.05) is 19.1 Å². The molecule has 3 heteroatoms. The third kappa shape index (κ3) is 4.64. The summed E-state index contributed by atoms with van der Waals surface area (Å²) in [6, 6.07) is 8.51. The average Bonchev–Trinajstić information content (AvgIpc) is 2.92. The van der Waals surface area contributed by atoms with Crippen molar-refractivity contribution < 1.29 is 9.53 Å². The molecule has 20 heavy (non-hydrogen) atoms. The molecule has 1 aliphatic heterocycles. The Morgan fingerprint density at radius 2 is 2.25 bits per heavy atom. The Balaban J connectivity index is 1.72. The zero-order valence-corrected chi connectivity index (χ0v) is 12.5. The summed E-state index contributed by atoms with van der Waals surface area (Å²) in [6.45, 7) is 5.04. The summed E-state index contributed by atoms with van der Waals surface area (Å²) in [7, 11) is 0. The van der Waals surface area contributed by atoms with Crippen molar-refractivity contribution in [3.05, 3.63) is 35.4 Å². The third-order valence-electron chi connectivity index (χ3n) is 3.91. The molecule has 1 aliphatic rings. The van der Waals surface area contributed by atoms with Crippen LogP contribution >= 0.6 is 0 Å². The molecule has 1 amide bonds. The standard InChI is InChI=1S/C17H25NO2/c1-13-6-3-4-7-15(13)12-14(2)18-17(19)10-9-16-8-5-11-20-16/h3-4,6-7,14,16H,5,8-12H2,1-2H3,(H,18,19)/t14-,16+/m0/s1. The lowest BCUT2D eigenvalue weighted by atomic mass is 10.0. The molecule has 3 nitrogen and oxygen atoms in total. The maximum Gasteiger partial charge on any atom is 0.220 e. The van der Waals surface area contributed by atoms with E-state index in [1.807, 2.05) is 12.1 Å². The lowest BCUT2D eigenvalue weighted by Crippen LogP contribution is -2.34. The molecule has 0 unspecified atom stereocenters. The van der Waals surface area contributed by atoms with Crippen LogP contribution in [0.5, 0.6) is 0 Å². The largest absolute Gasteiger partial charge is 0.378 e. The molecule has 1 aromatic rings. The summed E-state index contributed by atoms with van der Waals surface area (Å²) in [5.74, 6) is 0.140. The van der Waals surface area contributed by atoms with E-state index in [4.69, 9.17) is 4.74 Å². The Labute approximate surface area is 121 Å². The average molecular weight is 275 g/mol. The van der Waals surface area contributed by atoms with Gasteiger partial charge in [-0.25, -0.2) is 0 Å². The van der Waals surface area contributed by atoms with Gasteiger partial charge in [-0.1, -0.05) is 24.3 Å². The number of rotatable bonds is 6. The number of aryl methyl sites for hydroxylation is 1. The van der Waals surface area contributed by atoms with Crippen molar-refractivity contribution in [3.8, 4) is 0 Å². The van der Waals surface area contributed by atoms with Crippen LogP contribution in [0, 0.1) is 6.92 Å². The van der Waals surface area contributed by atoms with E-state index < -0.39 is 0 Å². The second-order valence-electron chi connectivity index (χ2n) is 5.77. The van der Waals surface area contributed by atoms with Gasteiger partial charge >= 0.3 is 0 Å². The summed E-state index contributed by atoms with van der Waals surface area (Å²) in [4.78, 5) is 11.9. The van der Waals surface area contributed by atoms with Crippen LogP contribution in [0.25, 0.3) is 0 Å². The number of benzene rings is 1. The van der Waals surface area contributed by atoms with Crippen molar-refractivity contribution in [1.82, 2.24) is 5.32 Å². The fourth-order valence-electron chi connectivity index (χ4n) is 2.73. The molecule has 0 radical (unpaired) electrons. The number of amides is 1. The van der Waals surface area contributed by atoms with E-state index in [0.29, 0.717) is 12.5 Å². The van der Waals surface area contributed by atoms with Gasteiger partial charge in [0.25, 0.3) is 0 Å². The molecule has 0 spiro atoms. The zero-order chi connectivity index (χ0) is 14.4. The minimum Gasteiger partial charge on any atom is -0.378 e. The Morgan fingerprint density at radius 3 is 2.95 bits per heavy atom. The predicted molar refractivity (Wildman–Crippen MR) is 80.7 cm³/mol. The molecule has 2 atom stereocenters. The highest BCUT2D eigenvalue weighted by molar-refractivity contribution is 5.76. The van der Waals surface area contributed by atoms with E-state index >= 15 is 0 Å². The molecule has 0 aliphatic carbocycles. The number of hydrogen-bond donors (Lipinski definition) is 1. The fraction of sp³-hybridized carbons (Fsp3) is 0.588. The van der Waals surface area contributed by atoms with E-state index in [-0.39, 0.29) is 11.9 Å². The van der Waals surface area contributed by atoms with Crippen LogP contribution in [0.2, 0.25) is 0 Å². The van der Waals surface area contributed by atoms with Crippen LogP contribution in [0.15, 0.2) is 24.3 Å². The quantitative estimate of drug-likeness (QED) is 0.866. The molecule has 1 fully saturated rings. The summed E-state index contributed by atoms with van der Waals surface area (Å²) in [5, 5.41) is 3.09. The van der Waals surface area contributed by atoms with Crippen molar-refractivity contribution in [1.29, 1.82) is 0 Å². The van der Waals surface area contributed by atoms with E-state index in [1.54, 1.807) is 0 Å². The molecular weight excluding hydrogens is 250 g/mol. The Kier molecular flexibility index (Phi) is 5.60. The van der Waals surface area contributed by atoms with E-state index in [0.717, 1.165) is 32.3 Å². The summed E-state index contributed by atoms with van der Waals surface area (Å²) in [5.41, 5.74) is 2.59. The number of nitrogens with one attached hydrogen (secondary N) is 1. The minimum atomic E-state index is 0.140. The highest BCUT2D eigenvalue weighted by atomic mass is 16.5. The first-order valence-electron chi connectivity index (χ1n) is 7.60. The molecule has 1 heterocycles. The minimum absolute atomic E-state index is 0.140. The van der Waals surface area contributed by atoms with Gasteiger partial charge in [-0.3, -0.25) is 4.79 Å². The van der Waals surface area contributed by atoms with Gasteiger partial charge in [0.1, 0.15) is 0 Å². The van der Waals surface area contributed by atoms with Crippen LogP contribution in [0.1, 0.15) is 43.7 Å². The molecule has 0 aromatic heterocycles. The number of carbonyl (C=O) groups is 1. The molecule has 1 aromatic carbocycles. The van der Waals surface area contributed by atoms with Crippen LogP contribution in [0.3, 0.4) is 0 Å². The second kappa shape index (κ2) is 7.44. The molecule has 0 bridgehead atoms. The maximum atomic E-state index is 11.9. The first kappa shape index (κ1) is 15.0. The highest BCUT2D eigenvalue weighted by Crippen LogP contribution is 2.16. The second-order valence-corrected chi connectivity index (χ2v) is 5.77. The lowest BCUT2D eigenvalue weighted by Gasteiger charge is -2.16. The normalized spacial score (nSPS) is 19.8. The summed E-state index contributed by atoms with van der Waals surface area (Å²) < 4.78 is 5.54. The molecule has 0 saturated carbocycles. The van der Waals surface area contributed by atoms with E-state index in [9.17, 15) is 4.79 Å². The van der Waals surface area contributed by atoms with Gasteiger partial charge in [-0.15, -0.1) is 0 Å². The van der Waals surface area contributed by atoms with E-state index in [1.165, 1.54) is 11.1 Å². The Hall–Kier alpha value is -1.35. The molecule has 1 saturated heterocycles. The molecular formula is C17H25NO2. The third-order valence-corrected chi connectivity index (χ3v) is 3.91. The van der Waals surface area contributed by atoms with Gasteiger partial charge in [0.2, 0.25) is 5.91 Å². The van der Waals surface area contributed by atoms with Gasteiger partial charge < -0.3 is 10.1 Å². The predicted octanol–water partition coefficient (Wildman–Crippen LogP) is 3.00. The molecule has 110 valence electrons. The first-order valence-corrected chi connectivity index (χ1v) is 7.60. The van der Waals surface area contributed by atoms with Crippen molar-refractivity contribution in [2.24, 2.45) is 0 Å². The number of carbonyl (C=O) groups excluding carboxylic acids is 1. The van der Waals surface area contributed by atoms with Crippen LogP contribution in [-0.2, 0) is 16.0 Å². The van der Waals surface area contributed by atoms with E-state index in [2.05, 4.69) is 31.3 Å². The topological polar surface area (TPSA) is 38.3 Å². The Morgan fingerprint density at radius 1 is 1.45 bits per heavy atom. The van der Waals surface area contributed by atoms with Crippen LogP contribution < -0.4 is 5.32 Å². The van der Waals surface area contributed by atoms with Gasteiger partial charge in [0.05, 0.1) is 6.10 Å². The fourth-order valence-corrected chi connectivity index (χ4v) is 2.73. The lowest BCUT2D eigenvalue weighted by molar-refractivity contribution is -0.122. The Bertz CT molecular complexity index is 438. The van der Waals surface area contributed by atoms with Gasteiger partial charge in [-0.05, 0) is 50.7 Å². The van der Waals surface area contributed by atoms with Crippen LogP contribution in [0.4, 0.5) is 0 Å². The SMILES string of the molecule is Cc1ccccc1C[C@H](C)NC(=O)CC[C@H]1CCCO1.